The maximum Gasteiger partial charge on any atom is 0.222 e. The van der Waals surface area contributed by atoms with Gasteiger partial charge < -0.3 is 15.4 Å². The average molecular weight is 216 g/mol. The number of hydrogen-bond donors (Lipinski definition) is 2. The normalized spacial score (nSPS) is 11.5. The van der Waals surface area contributed by atoms with Gasteiger partial charge in [-0.2, -0.15) is 0 Å². The molecule has 0 aliphatic rings. The Hall–Kier alpha value is -0.610. The molecule has 0 aliphatic heterocycles. The van der Waals surface area contributed by atoms with Crippen molar-refractivity contribution < 1.29 is 9.53 Å². The first-order chi connectivity index (χ1) is 7.02. The van der Waals surface area contributed by atoms with E-state index in [0.29, 0.717) is 13.0 Å². The highest BCUT2D eigenvalue weighted by molar-refractivity contribution is 5.76. The van der Waals surface area contributed by atoms with Crippen LogP contribution in [-0.2, 0) is 9.53 Å². The molecule has 0 unspecified atom stereocenters. The molecular weight excluding hydrogens is 192 g/mol. The number of methoxy groups -OCH3 is 1. The molecule has 0 saturated carbocycles. The van der Waals surface area contributed by atoms with Crippen LogP contribution < -0.4 is 10.6 Å². The van der Waals surface area contributed by atoms with Gasteiger partial charge in [0, 0.05) is 20.2 Å². The van der Waals surface area contributed by atoms with Crippen molar-refractivity contribution in [2.24, 2.45) is 0 Å². The number of carbonyl (C=O) groups excluding carboxylic acids is 1. The number of amides is 1. The van der Waals surface area contributed by atoms with Crippen molar-refractivity contribution in [1.29, 1.82) is 0 Å². The quantitative estimate of drug-likeness (QED) is 0.593. The van der Waals surface area contributed by atoms with Gasteiger partial charge in [0.15, 0.2) is 0 Å². The maximum atomic E-state index is 11.4. The van der Waals surface area contributed by atoms with E-state index >= 15 is 0 Å². The minimum atomic E-state index is -0.374. The van der Waals surface area contributed by atoms with E-state index in [9.17, 15) is 4.79 Å². The fourth-order valence-electron chi connectivity index (χ4n) is 1.11. The zero-order chi connectivity index (χ0) is 11.7. The van der Waals surface area contributed by atoms with Gasteiger partial charge >= 0.3 is 0 Å². The van der Waals surface area contributed by atoms with E-state index in [4.69, 9.17) is 4.74 Å². The van der Waals surface area contributed by atoms with Gasteiger partial charge in [0.2, 0.25) is 5.91 Å². The molecule has 4 heteroatoms. The molecule has 0 aliphatic carbocycles. The number of rotatable bonds is 8. The SMILES string of the molecule is CCCNCCNC(=O)CC(C)(C)OC. The summed E-state index contributed by atoms with van der Waals surface area (Å²) in [4.78, 5) is 11.4. The third-order valence-electron chi connectivity index (χ3n) is 2.19. The van der Waals surface area contributed by atoms with Crippen molar-refractivity contribution in [2.75, 3.05) is 26.7 Å². The number of ether oxygens (including phenoxy) is 1. The minimum Gasteiger partial charge on any atom is -0.378 e. The molecule has 0 atom stereocenters. The minimum absolute atomic E-state index is 0.0418. The van der Waals surface area contributed by atoms with E-state index in [1.165, 1.54) is 0 Å². The van der Waals surface area contributed by atoms with Crippen LogP contribution in [-0.4, -0.2) is 38.3 Å². The van der Waals surface area contributed by atoms with Gasteiger partial charge in [0.05, 0.1) is 12.0 Å². The summed E-state index contributed by atoms with van der Waals surface area (Å²) in [5, 5.41) is 6.07. The first-order valence-electron chi connectivity index (χ1n) is 5.54. The summed E-state index contributed by atoms with van der Waals surface area (Å²) in [6.45, 7) is 8.43. The molecule has 0 spiro atoms. The Morgan fingerprint density at radius 3 is 2.47 bits per heavy atom. The maximum absolute atomic E-state index is 11.4. The van der Waals surface area contributed by atoms with Crippen LogP contribution in [0, 0.1) is 0 Å². The van der Waals surface area contributed by atoms with Crippen LogP contribution in [0.25, 0.3) is 0 Å². The van der Waals surface area contributed by atoms with Crippen LogP contribution in [0.3, 0.4) is 0 Å². The molecular formula is C11H24N2O2. The molecule has 0 aromatic rings. The fourth-order valence-corrected chi connectivity index (χ4v) is 1.11. The van der Waals surface area contributed by atoms with E-state index in [1.54, 1.807) is 7.11 Å². The van der Waals surface area contributed by atoms with Gasteiger partial charge in [-0.05, 0) is 26.8 Å². The predicted octanol–water partition coefficient (Wildman–Crippen LogP) is 0.917. The van der Waals surface area contributed by atoms with E-state index in [1.807, 2.05) is 13.8 Å². The van der Waals surface area contributed by atoms with E-state index in [0.717, 1.165) is 19.5 Å². The van der Waals surface area contributed by atoms with Crippen LogP contribution >= 0.6 is 0 Å². The highest BCUT2D eigenvalue weighted by Gasteiger charge is 2.20. The summed E-state index contributed by atoms with van der Waals surface area (Å²) in [7, 11) is 1.62. The third-order valence-corrected chi connectivity index (χ3v) is 2.19. The van der Waals surface area contributed by atoms with Crippen LogP contribution in [0.5, 0.6) is 0 Å². The Balaban J connectivity index is 3.49. The van der Waals surface area contributed by atoms with Gasteiger partial charge in [0.1, 0.15) is 0 Å². The molecule has 0 saturated heterocycles. The zero-order valence-corrected chi connectivity index (χ0v) is 10.4. The molecule has 90 valence electrons. The molecule has 0 aromatic heterocycles. The van der Waals surface area contributed by atoms with Gasteiger partial charge in [-0.25, -0.2) is 0 Å². The largest absolute Gasteiger partial charge is 0.378 e. The number of carbonyl (C=O) groups is 1. The highest BCUT2D eigenvalue weighted by Crippen LogP contribution is 2.11. The monoisotopic (exact) mass is 216 g/mol. The molecule has 0 bridgehead atoms. The summed E-state index contributed by atoms with van der Waals surface area (Å²) in [5.74, 6) is 0.0418. The van der Waals surface area contributed by atoms with Crippen molar-refractivity contribution >= 4 is 5.91 Å². The van der Waals surface area contributed by atoms with Gasteiger partial charge in [0.25, 0.3) is 0 Å². The summed E-state index contributed by atoms with van der Waals surface area (Å²) in [5.41, 5.74) is -0.374. The van der Waals surface area contributed by atoms with Crippen molar-refractivity contribution in [1.82, 2.24) is 10.6 Å². The van der Waals surface area contributed by atoms with Crippen molar-refractivity contribution in [3.8, 4) is 0 Å². The molecule has 0 rings (SSSR count). The van der Waals surface area contributed by atoms with Crippen LogP contribution in [0.2, 0.25) is 0 Å². The number of hydrogen-bond acceptors (Lipinski definition) is 3. The average Bonchev–Trinajstić information content (AvgIpc) is 2.17. The lowest BCUT2D eigenvalue weighted by Crippen LogP contribution is -2.37. The molecule has 0 aromatic carbocycles. The number of nitrogens with one attached hydrogen (secondary N) is 2. The molecule has 2 N–H and O–H groups in total. The second-order valence-electron chi connectivity index (χ2n) is 4.24. The molecule has 0 fully saturated rings. The Bertz CT molecular complexity index is 181. The predicted molar refractivity (Wildman–Crippen MR) is 61.9 cm³/mol. The molecule has 0 radical (unpaired) electrons. The smallest absolute Gasteiger partial charge is 0.222 e. The van der Waals surface area contributed by atoms with E-state index < -0.39 is 0 Å². The topological polar surface area (TPSA) is 50.4 Å². The summed E-state index contributed by atoms with van der Waals surface area (Å²) < 4.78 is 5.18. The van der Waals surface area contributed by atoms with Crippen molar-refractivity contribution in [2.45, 2.75) is 39.2 Å². The Labute approximate surface area is 92.8 Å². The second-order valence-corrected chi connectivity index (χ2v) is 4.24. The van der Waals surface area contributed by atoms with Crippen LogP contribution in [0.4, 0.5) is 0 Å². The van der Waals surface area contributed by atoms with E-state index in [-0.39, 0.29) is 11.5 Å². The molecule has 4 nitrogen and oxygen atoms in total. The van der Waals surface area contributed by atoms with E-state index in [2.05, 4.69) is 17.6 Å². The summed E-state index contributed by atoms with van der Waals surface area (Å²) in [6.07, 6.45) is 1.52. The van der Waals surface area contributed by atoms with Gasteiger partial charge in [-0.1, -0.05) is 6.92 Å². The Morgan fingerprint density at radius 2 is 1.93 bits per heavy atom. The fraction of sp³-hybridized carbons (Fsp3) is 0.909. The molecule has 0 heterocycles. The molecule has 1 amide bonds. The first-order valence-corrected chi connectivity index (χ1v) is 5.54. The summed E-state index contributed by atoms with van der Waals surface area (Å²) >= 11 is 0. The summed E-state index contributed by atoms with van der Waals surface area (Å²) in [6, 6.07) is 0. The first kappa shape index (κ1) is 14.4. The second kappa shape index (κ2) is 7.65. The van der Waals surface area contributed by atoms with Gasteiger partial charge in [-0.3, -0.25) is 4.79 Å². The highest BCUT2D eigenvalue weighted by atomic mass is 16.5. The molecule has 15 heavy (non-hydrogen) atoms. The van der Waals surface area contributed by atoms with Crippen molar-refractivity contribution in [3.05, 3.63) is 0 Å². The van der Waals surface area contributed by atoms with Crippen LogP contribution in [0.1, 0.15) is 33.6 Å². The third kappa shape index (κ3) is 8.39. The lowest BCUT2D eigenvalue weighted by atomic mass is 10.1. The lowest BCUT2D eigenvalue weighted by Gasteiger charge is -2.21. The van der Waals surface area contributed by atoms with Crippen LogP contribution in [0.15, 0.2) is 0 Å². The Morgan fingerprint density at radius 1 is 1.27 bits per heavy atom. The standard InChI is InChI=1S/C11H24N2O2/c1-5-6-12-7-8-13-10(14)9-11(2,3)15-4/h12H,5-9H2,1-4H3,(H,13,14). The van der Waals surface area contributed by atoms with Crippen molar-refractivity contribution in [3.63, 3.8) is 0 Å². The Kier molecular flexibility index (Phi) is 7.34. The van der Waals surface area contributed by atoms with Gasteiger partial charge in [-0.15, -0.1) is 0 Å². The lowest BCUT2D eigenvalue weighted by molar-refractivity contribution is -0.126. The zero-order valence-electron chi connectivity index (χ0n) is 10.4.